The standard InChI is InChI=1S/C24H52N2/c1-7-11-13-15-23(5)21-25(17-9-3)19-20-26(18-10-4)22-24(6)16-14-12-8-2/h23-24H,7-22H2,1-6H3. The zero-order valence-electron chi connectivity index (χ0n) is 19.4. The molecular weight excluding hydrogens is 316 g/mol. The van der Waals surface area contributed by atoms with Gasteiger partial charge in [0.2, 0.25) is 0 Å². The summed E-state index contributed by atoms with van der Waals surface area (Å²) in [6, 6.07) is 0. The van der Waals surface area contributed by atoms with Gasteiger partial charge in [0.15, 0.2) is 0 Å². The minimum absolute atomic E-state index is 0.848. The van der Waals surface area contributed by atoms with Crippen LogP contribution in [0.5, 0.6) is 0 Å². The fourth-order valence-electron chi connectivity index (χ4n) is 4.05. The van der Waals surface area contributed by atoms with E-state index in [-0.39, 0.29) is 0 Å². The Morgan fingerprint density at radius 3 is 1.19 bits per heavy atom. The summed E-state index contributed by atoms with van der Waals surface area (Å²) in [5.74, 6) is 1.70. The average Bonchev–Trinajstić information content (AvgIpc) is 2.60. The lowest BCUT2D eigenvalue weighted by Crippen LogP contribution is -2.39. The van der Waals surface area contributed by atoms with Crippen molar-refractivity contribution in [2.45, 2.75) is 106 Å². The normalized spacial score (nSPS) is 14.3. The first kappa shape index (κ1) is 25.9. The maximum Gasteiger partial charge on any atom is 0.0109 e. The number of rotatable bonds is 19. The van der Waals surface area contributed by atoms with Crippen LogP contribution in [0.4, 0.5) is 0 Å². The molecule has 0 amide bonds. The van der Waals surface area contributed by atoms with Crippen LogP contribution in [0.2, 0.25) is 0 Å². The first-order chi connectivity index (χ1) is 12.6. The number of hydrogen-bond acceptors (Lipinski definition) is 2. The van der Waals surface area contributed by atoms with Gasteiger partial charge >= 0.3 is 0 Å². The van der Waals surface area contributed by atoms with Crippen LogP contribution in [0.15, 0.2) is 0 Å². The maximum atomic E-state index is 2.74. The molecule has 0 N–H and O–H groups in total. The molecule has 0 rings (SSSR count). The topological polar surface area (TPSA) is 6.48 Å². The van der Waals surface area contributed by atoms with Crippen molar-refractivity contribution < 1.29 is 0 Å². The summed E-state index contributed by atoms with van der Waals surface area (Å²) in [5.41, 5.74) is 0. The van der Waals surface area contributed by atoms with Crippen LogP contribution in [0.25, 0.3) is 0 Å². The summed E-state index contributed by atoms with van der Waals surface area (Å²) in [6.45, 7) is 21.8. The van der Waals surface area contributed by atoms with Crippen molar-refractivity contribution in [3.63, 3.8) is 0 Å². The zero-order valence-corrected chi connectivity index (χ0v) is 19.4. The van der Waals surface area contributed by atoms with Crippen LogP contribution >= 0.6 is 0 Å². The first-order valence-electron chi connectivity index (χ1n) is 12.0. The van der Waals surface area contributed by atoms with E-state index < -0.39 is 0 Å². The molecule has 0 heterocycles. The summed E-state index contributed by atoms with van der Waals surface area (Å²) in [5, 5.41) is 0. The maximum absolute atomic E-state index is 2.74. The molecule has 0 aromatic heterocycles. The molecular formula is C24H52N2. The van der Waals surface area contributed by atoms with Gasteiger partial charge in [-0.15, -0.1) is 0 Å². The van der Waals surface area contributed by atoms with Crippen LogP contribution in [0, 0.1) is 11.8 Å². The van der Waals surface area contributed by atoms with Crippen molar-refractivity contribution >= 4 is 0 Å². The van der Waals surface area contributed by atoms with Crippen molar-refractivity contribution in [1.82, 2.24) is 9.80 Å². The molecule has 158 valence electrons. The highest BCUT2D eigenvalue weighted by Gasteiger charge is 2.14. The molecule has 0 aliphatic rings. The Labute approximate surface area is 167 Å². The van der Waals surface area contributed by atoms with Gasteiger partial charge in [0.05, 0.1) is 0 Å². The number of hydrogen-bond donors (Lipinski definition) is 0. The van der Waals surface area contributed by atoms with Crippen molar-refractivity contribution in [3.05, 3.63) is 0 Å². The van der Waals surface area contributed by atoms with Gasteiger partial charge < -0.3 is 9.80 Å². The lowest BCUT2D eigenvalue weighted by Gasteiger charge is -2.30. The van der Waals surface area contributed by atoms with E-state index in [1.165, 1.54) is 103 Å². The SMILES string of the molecule is CCCCCC(C)CN(CCC)CCN(CCC)CC(C)CCCCC. The molecule has 0 saturated carbocycles. The lowest BCUT2D eigenvalue weighted by molar-refractivity contribution is 0.169. The van der Waals surface area contributed by atoms with E-state index in [2.05, 4.69) is 51.3 Å². The lowest BCUT2D eigenvalue weighted by atomic mass is 10.0. The second kappa shape index (κ2) is 18.3. The van der Waals surface area contributed by atoms with E-state index >= 15 is 0 Å². The van der Waals surface area contributed by atoms with Gasteiger partial charge in [0, 0.05) is 26.2 Å². The van der Waals surface area contributed by atoms with Crippen molar-refractivity contribution in [2.75, 3.05) is 39.3 Å². The molecule has 2 nitrogen and oxygen atoms in total. The second-order valence-electron chi connectivity index (χ2n) is 8.80. The van der Waals surface area contributed by atoms with E-state index in [0.29, 0.717) is 0 Å². The molecule has 2 unspecified atom stereocenters. The van der Waals surface area contributed by atoms with Crippen LogP contribution in [-0.2, 0) is 0 Å². The highest BCUT2D eigenvalue weighted by Crippen LogP contribution is 2.13. The second-order valence-corrected chi connectivity index (χ2v) is 8.80. The van der Waals surface area contributed by atoms with E-state index in [1.807, 2.05) is 0 Å². The van der Waals surface area contributed by atoms with Gasteiger partial charge in [-0.25, -0.2) is 0 Å². The third kappa shape index (κ3) is 15.0. The Bertz CT molecular complexity index is 251. The highest BCUT2D eigenvalue weighted by molar-refractivity contribution is 4.68. The Hall–Kier alpha value is -0.0800. The van der Waals surface area contributed by atoms with Gasteiger partial charge in [-0.2, -0.15) is 0 Å². The fraction of sp³-hybridized carbons (Fsp3) is 1.00. The van der Waals surface area contributed by atoms with E-state index in [9.17, 15) is 0 Å². The molecule has 0 radical (unpaired) electrons. The van der Waals surface area contributed by atoms with Crippen molar-refractivity contribution in [2.24, 2.45) is 11.8 Å². The van der Waals surface area contributed by atoms with Crippen molar-refractivity contribution in [1.29, 1.82) is 0 Å². The molecule has 26 heavy (non-hydrogen) atoms. The Morgan fingerprint density at radius 1 is 0.500 bits per heavy atom. The molecule has 0 aliphatic carbocycles. The van der Waals surface area contributed by atoms with Crippen LogP contribution < -0.4 is 0 Å². The molecule has 2 heteroatoms. The van der Waals surface area contributed by atoms with Gasteiger partial charge in [-0.05, 0) is 50.6 Å². The van der Waals surface area contributed by atoms with E-state index in [1.54, 1.807) is 0 Å². The van der Waals surface area contributed by atoms with Gasteiger partial charge in [-0.3, -0.25) is 0 Å². The molecule has 0 spiro atoms. The van der Waals surface area contributed by atoms with Crippen LogP contribution in [0.3, 0.4) is 0 Å². The molecule has 2 atom stereocenters. The molecule has 0 fully saturated rings. The number of nitrogens with zero attached hydrogens (tertiary/aromatic N) is 2. The Balaban J connectivity index is 4.30. The van der Waals surface area contributed by atoms with Crippen molar-refractivity contribution in [3.8, 4) is 0 Å². The van der Waals surface area contributed by atoms with Crippen LogP contribution in [0.1, 0.15) is 106 Å². The van der Waals surface area contributed by atoms with Gasteiger partial charge in [0.1, 0.15) is 0 Å². The minimum Gasteiger partial charge on any atom is -0.302 e. The Morgan fingerprint density at radius 2 is 0.885 bits per heavy atom. The Kier molecular flexibility index (Phi) is 18.2. The van der Waals surface area contributed by atoms with Crippen LogP contribution in [-0.4, -0.2) is 49.1 Å². The van der Waals surface area contributed by atoms with E-state index in [0.717, 1.165) is 11.8 Å². The quantitative estimate of drug-likeness (QED) is 0.230. The molecule has 0 aromatic carbocycles. The third-order valence-corrected chi connectivity index (χ3v) is 5.55. The van der Waals surface area contributed by atoms with E-state index in [4.69, 9.17) is 0 Å². The molecule has 0 saturated heterocycles. The fourth-order valence-corrected chi connectivity index (χ4v) is 4.05. The zero-order chi connectivity index (χ0) is 19.6. The predicted octanol–water partition coefficient (Wildman–Crippen LogP) is 6.84. The smallest absolute Gasteiger partial charge is 0.0109 e. The summed E-state index contributed by atoms with van der Waals surface area (Å²) in [4.78, 5) is 5.47. The number of unbranched alkanes of at least 4 members (excludes halogenated alkanes) is 4. The van der Waals surface area contributed by atoms with Gasteiger partial charge in [-0.1, -0.05) is 80.1 Å². The summed E-state index contributed by atoms with van der Waals surface area (Å²) < 4.78 is 0. The summed E-state index contributed by atoms with van der Waals surface area (Å²) in [7, 11) is 0. The summed E-state index contributed by atoms with van der Waals surface area (Å²) in [6.07, 6.45) is 13.7. The predicted molar refractivity (Wildman–Crippen MR) is 120 cm³/mol. The average molecular weight is 369 g/mol. The molecule has 0 aromatic rings. The largest absolute Gasteiger partial charge is 0.302 e. The highest BCUT2D eigenvalue weighted by atomic mass is 15.2. The minimum atomic E-state index is 0.848. The molecule has 0 aliphatic heterocycles. The first-order valence-corrected chi connectivity index (χ1v) is 12.0. The van der Waals surface area contributed by atoms with Gasteiger partial charge in [0.25, 0.3) is 0 Å². The summed E-state index contributed by atoms with van der Waals surface area (Å²) >= 11 is 0. The molecule has 0 bridgehead atoms. The monoisotopic (exact) mass is 368 g/mol. The third-order valence-electron chi connectivity index (χ3n) is 5.55.